The highest BCUT2D eigenvalue weighted by Crippen LogP contribution is 2.13. The molecule has 0 saturated heterocycles. The molecular weight excluding hydrogens is 812 g/mol. The number of hydrogen-bond donors (Lipinski definition) is 14. The van der Waals surface area contributed by atoms with Gasteiger partial charge in [0, 0.05) is 6.42 Å². The van der Waals surface area contributed by atoms with Gasteiger partial charge in [0.2, 0.25) is 41.4 Å². The van der Waals surface area contributed by atoms with Gasteiger partial charge < -0.3 is 74.8 Å². The summed E-state index contributed by atoms with van der Waals surface area (Å²) in [4.78, 5) is 104. The normalized spacial score (nSPS) is 14.6. The van der Waals surface area contributed by atoms with Crippen LogP contribution in [0.5, 0.6) is 5.75 Å². The third kappa shape index (κ3) is 20.4. The minimum absolute atomic E-state index is 0.0788. The minimum atomic E-state index is -1.67. The summed E-state index contributed by atoms with van der Waals surface area (Å²) in [6.07, 6.45) is 2.49. The third-order valence-electron chi connectivity index (χ3n) is 9.54. The Kier molecular flexibility index (Phi) is 25.5. The maximum absolute atomic E-state index is 13.7. The molecule has 0 radical (unpaired) electrons. The van der Waals surface area contributed by atoms with E-state index in [2.05, 4.69) is 37.2 Å². The number of nitrogens with two attached hydrogens (primary N) is 3. The van der Waals surface area contributed by atoms with Crippen molar-refractivity contribution < 1.29 is 58.8 Å². The second-order valence-corrected chi connectivity index (χ2v) is 15.7. The molecule has 0 aliphatic rings. The lowest BCUT2D eigenvalue weighted by atomic mass is 9.99. The first-order chi connectivity index (χ1) is 29.3. The molecule has 62 heavy (non-hydrogen) atoms. The molecular formula is C40H68N10O12. The lowest BCUT2D eigenvalue weighted by Crippen LogP contribution is -2.61. The number of hydrogen-bond acceptors (Lipinski definition) is 14. The van der Waals surface area contributed by atoms with Crippen LogP contribution in [0, 0.1) is 11.8 Å². The van der Waals surface area contributed by atoms with Crippen LogP contribution in [0.15, 0.2) is 24.3 Å². The van der Waals surface area contributed by atoms with E-state index in [4.69, 9.17) is 17.2 Å². The SMILES string of the molecule is CC(C)C[C@H](NC(=O)[C@@H](NC(=O)[C@H](CO)NC(=O)[C@H](Cc1ccc(O)cc1)NC(=O)[C@H](CO)NC(=O)[C@@H](N)CCCCN)C(C)C)C(=O)NCC(=O)N[C@@H](CCCCN)C(=O)O. The zero-order chi connectivity index (χ0) is 46.9. The van der Waals surface area contributed by atoms with Crippen LogP contribution in [-0.2, 0) is 44.8 Å². The Labute approximate surface area is 361 Å². The van der Waals surface area contributed by atoms with Crippen molar-refractivity contribution in [3.63, 3.8) is 0 Å². The molecule has 350 valence electrons. The van der Waals surface area contributed by atoms with Gasteiger partial charge >= 0.3 is 5.97 Å². The second kappa shape index (κ2) is 29.0. The van der Waals surface area contributed by atoms with Gasteiger partial charge in [-0.25, -0.2) is 4.79 Å². The smallest absolute Gasteiger partial charge is 0.326 e. The van der Waals surface area contributed by atoms with Crippen molar-refractivity contribution in [1.82, 2.24) is 37.2 Å². The number of phenolic OH excluding ortho intramolecular Hbond substituents is 1. The van der Waals surface area contributed by atoms with Gasteiger partial charge in [-0.05, 0) is 81.1 Å². The van der Waals surface area contributed by atoms with Gasteiger partial charge in [0.1, 0.15) is 42.0 Å². The number of benzene rings is 1. The molecule has 0 fully saturated rings. The number of carboxylic acid groups (broad SMARTS) is 1. The van der Waals surface area contributed by atoms with Crippen molar-refractivity contribution in [2.75, 3.05) is 32.8 Å². The molecule has 1 aromatic rings. The topological polar surface area (TPSA) is 380 Å². The van der Waals surface area contributed by atoms with Crippen molar-refractivity contribution in [1.29, 1.82) is 0 Å². The zero-order valence-corrected chi connectivity index (χ0v) is 36.0. The van der Waals surface area contributed by atoms with E-state index in [9.17, 15) is 58.8 Å². The van der Waals surface area contributed by atoms with E-state index in [-0.39, 0.29) is 37.4 Å². The summed E-state index contributed by atoms with van der Waals surface area (Å²) < 4.78 is 0. The standard InChI is InChI=1S/C40H68N10O12/c1-22(2)17-28(35(56)44-19-32(54)45-27(40(61)62)10-6-8-16-42)47-39(60)33(23(3)4)50-38(59)31(21-52)49-36(57)29(18-24-11-13-25(53)14-12-24)46-37(58)30(20-51)48-34(55)26(43)9-5-7-15-41/h11-14,22-23,26-31,33,51-53H,5-10,15-21,41-43H2,1-4H3,(H,44,56)(H,45,54)(H,46,58)(H,47,60)(H,48,55)(H,49,57)(H,50,59)(H,61,62)/t26-,27-,28-,29-,30-,31-,33-/m0/s1. The van der Waals surface area contributed by atoms with E-state index in [1.54, 1.807) is 27.7 Å². The average molecular weight is 881 g/mol. The van der Waals surface area contributed by atoms with E-state index >= 15 is 0 Å². The number of aromatic hydroxyl groups is 1. The minimum Gasteiger partial charge on any atom is -0.508 e. The van der Waals surface area contributed by atoms with Crippen molar-refractivity contribution in [3.8, 4) is 5.75 Å². The molecule has 0 aromatic heterocycles. The Morgan fingerprint density at radius 2 is 1.10 bits per heavy atom. The summed E-state index contributed by atoms with van der Waals surface area (Å²) in [6, 6.07) is -3.75. The first-order valence-corrected chi connectivity index (χ1v) is 20.7. The molecule has 7 amide bonds. The molecule has 0 unspecified atom stereocenters. The summed E-state index contributed by atoms with van der Waals surface area (Å²) >= 11 is 0. The Hall–Kier alpha value is -5.42. The van der Waals surface area contributed by atoms with Crippen LogP contribution in [0.3, 0.4) is 0 Å². The number of aliphatic carboxylic acids is 1. The summed E-state index contributed by atoms with van der Waals surface area (Å²) in [5.74, 6) is -8.06. The van der Waals surface area contributed by atoms with Gasteiger partial charge in [0.15, 0.2) is 0 Å². The van der Waals surface area contributed by atoms with Gasteiger partial charge in [-0.1, -0.05) is 46.2 Å². The van der Waals surface area contributed by atoms with Gasteiger partial charge in [-0.15, -0.1) is 0 Å². The predicted octanol–water partition coefficient (Wildman–Crippen LogP) is -3.68. The molecule has 22 nitrogen and oxygen atoms in total. The fourth-order valence-electron chi connectivity index (χ4n) is 5.97. The highest BCUT2D eigenvalue weighted by Gasteiger charge is 2.34. The van der Waals surface area contributed by atoms with Crippen LogP contribution < -0.4 is 54.4 Å². The molecule has 0 bridgehead atoms. The lowest BCUT2D eigenvalue weighted by Gasteiger charge is -2.28. The largest absolute Gasteiger partial charge is 0.508 e. The van der Waals surface area contributed by atoms with Crippen molar-refractivity contribution in [2.45, 2.75) is 121 Å². The molecule has 22 heteroatoms. The van der Waals surface area contributed by atoms with Gasteiger partial charge in [0.05, 0.1) is 25.8 Å². The maximum Gasteiger partial charge on any atom is 0.326 e. The number of aliphatic hydroxyl groups excluding tert-OH is 2. The van der Waals surface area contributed by atoms with E-state index in [0.717, 1.165) is 0 Å². The highest BCUT2D eigenvalue weighted by molar-refractivity contribution is 5.97. The van der Waals surface area contributed by atoms with E-state index in [1.165, 1.54) is 24.3 Å². The van der Waals surface area contributed by atoms with Crippen LogP contribution in [0.25, 0.3) is 0 Å². The van der Waals surface area contributed by atoms with Crippen LogP contribution >= 0.6 is 0 Å². The highest BCUT2D eigenvalue weighted by atomic mass is 16.4. The van der Waals surface area contributed by atoms with E-state index < -0.39 is 115 Å². The molecule has 7 atom stereocenters. The number of unbranched alkanes of at least 4 members (excludes halogenated alkanes) is 2. The summed E-state index contributed by atoms with van der Waals surface area (Å²) in [6.45, 7) is 5.11. The number of carbonyl (C=O) groups is 8. The van der Waals surface area contributed by atoms with Crippen LogP contribution in [-0.4, -0.2) is 143 Å². The number of rotatable bonds is 30. The average Bonchev–Trinajstić information content (AvgIpc) is 3.22. The summed E-state index contributed by atoms with van der Waals surface area (Å²) in [5.41, 5.74) is 17.3. The Balaban J connectivity index is 3.15. The second-order valence-electron chi connectivity index (χ2n) is 15.7. The van der Waals surface area contributed by atoms with Crippen molar-refractivity contribution in [3.05, 3.63) is 29.8 Å². The number of carboxylic acids is 1. The number of nitrogens with one attached hydrogen (secondary N) is 7. The molecule has 0 heterocycles. The predicted molar refractivity (Wildman–Crippen MR) is 226 cm³/mol. The number of carbonyl (C=O) groups excluding carboxylic acids is 7. The Bertz CT molecular complexity index is 1610. The maximum atomic E-state index is 13.7. The fourth-order valence-corrected chi connectivity index (χ4v) is 5.97. The van der Waals surface area contributed by atoms with Crippen LogP contribution in [0.4, 0.5) is 0 Å². The monoisotopic (exact) mass is 881 g/mol. The van der Waals surface area contributed by atoms with Gasteiger partial charge in [-0.3, -0.25) is 33.6 Å². The van der Waals surface area contributed by atoms with Gasteiger partial charge in [0.25, 0.3) is 0 Å². The number of phenols is 1. The summed E-state index contributed by atoms with van der Waals surface area (Å²) in [5, 5.41) is 56.4. The van der Waals surface area contributed by atoms with Crippen molar-refractivity contribution >= 4 is 47.3 Å². The molecule has 1 rings (SSSR count). The van der Waals surface area contributed by atoms with Gasteiger partial charge in [-0.2, -0.15) is 0 Å². The molecule has 17 N–H and O–H groups in total. The molecule has 0 aliphatic carbocycles. The quantitative estimate of drug-likeness (QED) is 0.0331. The number of amides is 7. The molecule has 0 spiro atoms. The van der Waals surface area contributed by atoms with Crippen LogP contribution in [0.2, 0.25) is 0 Å². The number of aliphatic hydroxyl groups is 2. The van der Waals surface area contributed by atoms with Crippen LogP contribution in [0.1, 0.15) is 78.2 Å². The molecule has 1 aromatic carbocycles. The lowest BCUT2D eigenvalue weighted by molar-refractivity contribution is -0.142. The third-order valence-corrected chi connectivity index (χ3v) is 9.54. The Morgan fingerprint density at radius 3 is 1.61 bits per heavy atom. The van der Waals surface area contributed by atoms with E-state index in [0.29, 0.717) is 44.3 Å². The summed E-state index contributed by atoms with van der Waals surface area (Å²) in [7, 11) is 0. The fraction of sp³-hybridized carbons (Fsp3) is 0.650. The molecule has 0 aliphatic heterocycles. The first kappa shape index (κ1) is 54.6. The van der Waals surface area contributed by atoms with E-state index in [1.807, 2.05) is 0 Å². The Morgan fingerprint density at radius 1 is 0.597 bits per heavy atom. The zero-order valence-electron chi connectivity index (χ0n) is 36.0. The molecule has 0 saturated carbocycles. The first-order valence-electron chi connectivity index (χ1n) is 20.7. The van der Waals surface area contributed by atoms with Crippen molar-refractivity contribution in [2.24, 2.45) is 29.0 Å².